The van der Waals surface area contributed by atoms with Gasteiger partial charge < -0.3 is 14.8 Å². The molecule has 0 aliphatic heterocycles. The quantitative estimate of drug-likeness (QED) is 0.602. The molecule has 4 nitrogen and oxygen atoms in total. The SMILES string of the molecule is CC.CNC1CC(C(C)=O)C1.O=CCCOC1CCCCC1. The summed E-state index contributed by atoms with van der Waals surface area (Å²) in [6.45, 7) is 6.30. The summed E-state index contributed by atoms with van der Waals surface area (Å²) in [6.07, 6.45) is 10.4. The molecule has 2 fully saturated rings. The van der Waals surface area contributed by atoms with Crippen molar-refractivity contribution >= 4 is 12.1 Å². The van der Waals surface area contributed by atoms with Crippen molar-refractivity contribution in [2.75, 3.05) is 13.7 Å². The summed E-state index contributed by atoms with van der Waals surface area (Å²) in [7, 11) is 1.95. The summed E-state index contributed by atoms with van der Waals surface area (Å²) >= 11 is 0. The predicted octanol–water partition coefficient (Wildman–Crippen LogP) is 3.52. The first-order valence-electron chi connectivity index (χ1n) is 8.90. The average molecular weight is 313 g/mol. The number of carbonyl (C=O) groups excluding carboxylic acids is 2. The second-order valence-electron chi connectivity index (χ2n) is 5.85. The average Bonchev–Trinajstić information content (AvgIpc) is 2.50. The molecule has 1 N–H and O–H groups in total. The van der Waals surface area contributed by atoms with E-state index in [4.69, 9.17) is 4.74 Å². The number of Topliss-reactive ketones (excluding diaryl/α,β-unsaturated/α-hetero) is 1. The van der Waals surface area contributed by atoms with Crippen LogP contribution in [0.1, 0.15) is 72.1 Å². The highest BCUT2D eigenvalue weighted by atomic mass is 16.5. The Bertz CT molecular complexity index is 282. The third kappa shape index (κ3) is 9.31. The van der Waals surface area contributed by atoms with Crippen molar-refractivity contribution in [1.82, 2.24) is 5.32 Å². The van der Waals surface area contributed by atoms with E-state index in [0.29, 0.717) is 36.9 Å². The number of ketones is 1. The van der Waals surface area contributed by atoms with E-state index in [-0.39, 0.29) is 0 Å². The molecule has 0 saturated heterocycles. The van der Waals surface area contributed by atoms with Gasteiger partial charge in [-0.05, 0) is 39.7 Å². The molecule has 22 heavy (non-hydrogen) atoms. The Balaban J connectivity index is 0.000000366. The van der Waals surface area contributed by atoms with Crippen molar-refractivity contribution in [2.24, 2.45) is 5.92 Å². The van der Waals surface area contributed by atoms with Crippen molar-refractivity contribution in [3.05, 3.63) is 0 Å². The van der Waals surface area contributed by atoms with Gasteiger partial charge in [0.25, 0.3) is 0 Å². The van der Waals surface area contributed by atoms with Crippen LogP contribution in [-0.4, -0.2) is 37.9 Å². The van der Waals surface area contributed by atoms with Crippen molar-refractivity contribution in [3.8, 4) is 0 Å². The highest BCUT2D eigenvalue weighted by Crippen LogP contribution is 2.27. The second-order valence-corrected chi connectivity index (χ2v) is 5.85. The fraction of sp³-hybridized carbons (Fsp3) is 0.889. The van der Waals surface area contributed by atoms with Crippen molar-refractivity contribution in [3.63, 3.8) is 0 Å². The molecule has 2 aliphatic carbocycles. The molecule has 0 amide bonds. The minimum atomic E-state index is 0.349. The molecule has 130 valence electrons. The van der Waals surface area contributed by atoms with Crippen LogP contribution in [0.25, 0.3) is 0 Å². The van der Waals surface area contributed by atoms with Gasteiger partial charge in [0.2, 0.25) is 0 Å². The van der Waals surface area contributed by atoms with Crippen LogP contribution in [0.15, 0.2) is 0 Å². The summed E-state index contributed by atoms with van der Waals surface area (Å²) in [5.41, 5.74) is 0. The Hall–Kier alpha value is -0.740. The van der Waals surface area contributed by atoms with Gasteiger partial charge in [-0.1, -0.05) is 33.1 Å². The van der Waals surface area contributed by atoms with Gasteiger partial charge in [-0.25, -0.2) is 0 Å². The number of aldehydes is 1. The molecule has 0 atom stereocenters. The van der Waals surface area contributed by atoms with E-state index in [0.717, 1.165) is 19.1 Å². The lowest BCUT2D eigenvalue weighted by molar-refractivity contribution is -0.123. The minimum absolute atomic E-state index is 0.349. The first-order valence-corrected chi connectivity index (χ1v) is 8.90. The largest absolute Gasteiger partial charge is 0.378 e. The number of carbonyl (C=O) groups is 2. The first kappa shape index (κ1) is 21.3. The summed E-state index contributed by atoms with van der Waals surface area (Å²) in [5, 5.41) is 3.13. The Labute approximate surface area is 136 Å². The number of rotatable bonds is 6. The predicted molar refractivity (Wildman–Crippen MR) is 91.1 cm³/mol. The zero-order chi connectivity index (χ0) is 16.8. The maximum Gasteiger partial charge on any atom is 0.133 e. The number of hydrogen-bond acceptors (Lipinski definition) is 4. The van der Waals surface area contributed by atoms with Crippen molar-refractivity contribution < 1.29 is 14.3 Å². The maximum atomic E-state index is 10.7. The zero-order valence-electron chi connectivity index (χ0n) is 14.9. The third-order valence-corrected chi connectivity index (χ3v) is 4.26. The van der Waals surface area contributed by atoms with Crippen LogP contribution in [0.2, 0.25) is 0 Å². The molecular formula is C18H35NO3. The highest BCUT2D eigenvalue weighted by Gasteiger charge is 2.30. The lowest BCUT2D eigenvalue weighted by Gasteiger charge is -2.32. The van der Waals surface area contributed by atoms with Gasteiger partial charge in [0, 0.05) is 18.4 Å². The zero-order valence-corrected chi connectivity index (χ0v) is 14.9. The Morgan fingerprint density at radius 1 is 1.18 bits per heavy atom. The van der Waals surface area contributed by atoms with Crippen LogP contribution in [0.5, 0.6) is 0 Å². The maximum absolute atomic E-state index is 10.7. The molecule has 0 aromatic rings. The monoisotopic (exact) mass is 313 g/mol. The highest BCUT2D eigenvalue weighted by molar-refractivity contribution is 5.79. The number of nitrogens with one attached hydrogen (secondary N) is 1. The van der Waals surface area contributed by atoms with E-state index in [1.165, 1.54) is 32.1 Å². The molecule has 0 bridgehead atoms. The van der Waals surface area contributed by atoms with Crippen LogP contribution in [0.3, 0.4) is 0 Å². The van der Waals surface area contributed by atoms with Gasteiger partial charge in [0.1, 0.15) is 12.1 Å². The van der Waals surface area contributed by atoms with Crippen molar-refractivity contribution in [2.45, 2.75) is 84.3 Å². The molecule has 0 heterocycles. The molecule has 4 heteroatoms. The smallest absolute Gasteiger partial charge is 0.133 e. The number of hydrogen-bond donors (Lipinski definition) is 1. The summed E-state index contributed by atoms with van der Waals surface area (Å²) < 4.78 is 5.49. The van der Waals surface area contributed by atoms with Gasteiger partial charge in [-0.3, -0.25) is 4.79 Å². The molecule has 0 aromatic carbocycles. The number of ether oxygens (including phenoxy) is 1. The van der Waals surface area contributed by atoms with E-state index in [1.807, 2.05) is 20.9 Å². The molecule has 2 rings (SSSR count). The van der Waals surface area contributed by atoms with Gasteiger partial charge in [-0.2, -0.15) is 0 Å². The Morgan fingerprint density at radius 2 is 1.77 bits per heavy atom. The van der Waals surface area contributed by atoms with Crippen LogP contribution < -0.4 is 5.32 Å². The van der Waals surface area contributed by atoms with Gasteiger partial charge in [0.05, 0.1) is 12.7 Å². The summed E-state index contributed by atoms with van der Waals surface area (Å²) in [6, 6.07) is 0.610. The van der Waals surface area contributed by atoms with Gasteiger partial charge in [0.15, 0.2) is 0 Å². The summed E-state index contributed by atoms with van der Waals surface area (Å²) in [5.74, 6) is 0.712. The Morgan fingerprint density at radius 3 is 2.23 bits per heavy atom. The molecule has 0 unspecified atom stereocenters. The Kier molecular flexibility index (Phi) is 13.4. The molecule has 0 radical (unpaired) electrons. The molecule has 2 saturated carbocycles. The van der Waals surface area contributed by atoms with Gasteiger partial charge in [-0.15, -0.1) is 0 Å². The molecular weight excluding hydrogens is 278 g/mol. The lowest BCUT2D eigenvalue weighted by atomic mass is 9.78. The van der Waals surface area contributed by atoms with Crippen LogP contribution in [0.4, 0.5) is 0 Å². The molecule has 2 aliphatic rings. The van der Waals surface area contributed by atoms with E-state index in [9.17, 15) is 9.59 Å². The fourth-order valence-electron chi connectivity index (χ4n) is 2.70. The fourth-order valence-corrected chi connectivity index (χ4v) is 2.70. The lowest BCUT2D eigenvalue weighted by Crippen LogP contribution is -2.41. The minimum Gasteiger partial charge on any atom is -0.378 e. The summed E-state index contributed by atoms with van der Waals surface area (Å²) in [4.78, 5) is 20.6. The molecule has 0 spiro atoms. The van der Waals surface area contributed by atoms with Crippen LogP contribution in [-0.2, 0) is 14.3 Å². The third-order valence-electron chi connectivity index (χ3n) is 4.26. The van der Waals surface area contributed by atoms with E-state index < -0.39 is 0 Å². The molecule has 0 aromatic heterocycles. The van der Waals surface area contributed by atoms with Crippen LogP contribution in [0, 0.1) is 5.92 Å². The van der Waals surface area contributed by atoms with Gasteiger partial charge >= 0.3 is 0 Å². The van der Waals surface area contributed by atoms with Crippen molar-refractivity contribution in [1.29, 1.82) is 0 Å². The van der Waals surface area contributed by atoms with Crippen LogP contribution >= 0.6 is 0 Å². The first-order chi connectivity index (χ1) is 10.7. The van der Waals surface area contributed by atoms with E-state index >= 15 is 0 Å². The second kappa shape index (κ2) is 13.9. The van der Waals surface area contributed by atoms with E-state index in [2.05, 4.69) is 5.32 Å². The van der Waals surface area contributed by atoms with E-state index in [1.54, 1.807) is 6.92 Å². The topological polar surface area (TPSA) is 55.4 Å². The standard InChI is InChI=1S/C9H16O2.C7H13NO.C2H6/c10-7-4-8-11-9-5-2-1-3-6-9;1-5(9)6-3-7(4-6)8-2;1-2/h7,9H,1-6,8H2;6-8H,3-4H2,1-2H3;1-2H3. The normalized spacial score (nSPS) is 24.0.